The van der Waals surface area contributed by atoms with Gasteiger partial charge in [0, 0.05) is 15.7 Å². The van der Waals surface area contributed by atoms with E-state index in [-0.39, 0.29) is 26.8 Å². The van der Waals surface area contributed by atoms with Crippen LogP contribution in [-0.2, 0) is 16.1 Å². The Labute approximate surface area is 221 Å². The van der Waals surface area contributed by atoms with Gasteiger partial charge in [-0.15, -0.1) is 0 Å². The molecule has 2 fully saturated rings. The fourth-order valence-electron chi connectivity index (χ4n) is 4.31. The van der Waals surface area contributed by atoms with Gasteiger partial charge in [0.15, 0.2) is 0 Å². The highest BCUT2D eigenvalue weighted by atomic mass is 79.9. The third-order valence-corrected chi connectivity index (χ3v) is 9.48. The summed E-state index contributed by atoms with van der Waals surface area (Å²) in [6, 6.07) is 10.1. The molecule has 1 aliphatic heterocycles. The first-order valence-corrected chi connectivity index (χ1v) is 12.8. The molecule has 3 amide bonds. The summed E-state index contributed by atoms with van der Waals surface area (Å²) in [6.07, 6.45) is 0.837. The SMILES string of the molecule is O=C(c1ccccc1[N+](=O)[O-])N(Cc1ccc(Cl)c(Cl)c1)N1C(=O)[C@@H]2C[C@@H](Br)[C@@H](Br)C[C@H]2C1=O. The van der Waals surface area contributed by atoms with E-state index in [1.807, 2.05) is 0 Å². The number of hydrogen-bond acceptors (Lipinski definition) is 5. The second kappa shape index (κ2) is 9.93. The second-order valence-corrected chi connectivity index (χ2v) is 11.3. The predicted molar refractivity (Wildman–Crippen MR) is 133 cm³/mol. The fourth-order valence-corrected chi connectivity index (χ4v) is 5.87. The van der Waals surface area contributed by atoms with Crippen LogP contribution in [0.2, 0.25) is 10.0 Å². The van der Waals surface area contributed by atoms with Crippen molar-refractivity contribution in [2.24, 2.45) is 11.8 Å². The van der Waals surface area contributed by atoms with Crippen molar-refractivity contribution in [3.05, 3.63) is 73.8 Å². The highest BCUT2D eigenvalue weighted by Gasteiger charge is 2.54. The summed E-state index contributed by atoms with van der Waals surface area (Å²) < 4.78 is 0. The number of hydrazine groups is 1. The lowest BCUT2D eigenvalue weighted by molar-refractivity contribution is -0.385. The maximum atomic E-state index is 13.6. The molecule has 1 aliphatic carbocycles. The van der Waals surface area contributed by atoms with Gasteiger partial charge in [-0.05, 0) is 36.6 Å². The number of halogens is 4. The zero-order valence-electron chi connectivity index (χ0n) is 17.4. The molecule has 12 heteroatoms. The molecular weight excluding hydrogens is 617 g/mol. The zero-order chi connectivity index (χ0) is 24.7. The second-order valence-electron chi connectivity index (χ2n) is 8.09. The van der Waals surface area contributed by atoms with Crippen LogP contribution < -0.4 is 0 Å². The fraction of sp³-hybridized carbons (Fsp3) is 0.318. The number of amides is 3. The molecule has 178 valence electrons. The van der Waals surface area contributed by atoms with E-state index in [2.05, 4.69) is 31.9 Å². The third kappa shape index (κ3) is 4.60. The van der Waals surface area contributed by atoms with Crippen molar-refractivity contribution < 1.29 is 19.3 Å². The van der Waals surface area contributed by atoms with Gasteiger partial charge in [0.2, 0.25) is 0 Å². The number of nitrogens with zero attached hydrogens (tertiary/aromatic N) is 3. The molecule has 0 bridgehead atoms. The van der Waals surface area contributed by atoms with Crippen LogP contribution in [0.5, 0.6) is 0 Å². The van der Waals surface area contributed by atoms with E-state index in [1.54, 1.807) is 6.07 Å². The summed E-state index contributed by atoms with van der Waals surface area (Å²) in [7, 11) is 0. The molecule has 0 radical (unpaired) electrons. The number of hydrogen-bond donors (Lipinski definition) is 0. The molecule has 1 heterocycles. The van der Waals surface area contributed by atoms with Crippen LogP contribution in [0.1, 0.15) is 28.8 Å². The Kier molecular flexibility index (Phi) is 7.33. The molecule has 34 heavy (non-hydrogen) atoms. The van der Waals surface area contributed by atoms with Crippen molar-refractivity contribution in [1.82, 2.24) is 10.0 Å². The van der Waals surface area contributed by atoms with Gasteiger partial charge in [0.05, 0.1) is 33.3 Å². The standard InChI is InChI=1S/C22H17Br2Cl2N3O5/c23-15-8-13-14(9-16(15)24)22(32)28(21(13)31)27(10-11-5-6-17(25)18(26)7-11)20(30)12-3-1-2-4-19(12)29(33)34/h1-7,13-16H,8-10H2/t13-,14-,15-,16+/m1/s1. The Balaban J connectivity index is 1.77. The minimum absolute atomic E-state index is 0.0140. The van der Waals surface area contributed by atoms with E-state index >= 15 is 0 Å². The van der Waals surface area contributed by atoms with Gasteiger partial charge in [-0.3, -0.25) is 24.5 Å². The van der Waals surface area contributed by atoms with Crippen molar-refractivity contribution in [3.63, 3.8) is 0 Å². The molecule has 4 rings (SSSR count). The van der Waals surface area contributed by atoms with Crippen LogP contribution in [-0.4, -0.2) is 42.3 Å². The molecular formula is C22H17Br2Cl2N3O5. The van der Waals surface area contributed by atoms with Crippen LogP contribution in [0.3, 0.4) is 0 Å². The van der Waals surface area contributed by atoms with E-state index in [1.165, 1.54) is 36.4 Å². The Hall–Kier alpha value is -2.01. The minimum Gasteiger partial charge on any atom is -0.272 e. The largest absolute Gasteiger partial charge is 0.282 e. The topological polar surface area (TPSA) is 101 Å². The van der Waals surface area contributed by atoms with E-state index < -0.39 is 40.2 Å². The van der Waals surface area contributed by atoms with Gasteiger partial charge >= 0.3 is 0 Å². The van der Waals surface area contributed by atoms with Gasteiger partial charge in [-0.1, -0.05) is 73.3 Å². The highest BCUT2D eigenvalue weighted by molar-refractivity contribution is 9.12. The molecule has 2 aromatic carbocycles. The lowest BCUT2D eigenvalue weighted by Gasteiger charge is -2.30. The van der Waals surface area contributed by atoms with Crippen LogP contribution >= 0.6 is 55.1 Å². The molecule has 0 spiro atoms. The van der Waals surface area contributed by atoms with Crippen molar-refractivity contribution in [2.45, 2.75) is 29.0 Å². The number of carbonyl (C=O) groups excluding carboxylic acids is 3. The maximum Gasteiger partial charge on any atom is 0.282 e. The minimum atomic E-state index is -0.843. The molecule has 4 atom stereocenters. The van der Waals surface area contributed by atoms with E-state index in [9.17, 15) is 24.5 Å². The van der Waals surface area contributed by atoms with Crippen molar-refractivity contribution in [3.8, 4) is 0 Å². The van der Waals surface area contributed by atoms with Crippen molar-refractivity contribution in [1.29, 1.82) is 0 Å². The first-order valence-electron chi connectivity index (χ1n) is 10.2. The van der Waals surface area contributed by atoms with E-state index in [0.717, 1.165) is 10.0 Å². The third-order valence-electron chi connectivity index (χ3n) is 6.01. The average Bonchev–Trinajstić information content (AvgIpc) is 3.03. The molecule has 2 aliphatic rings. The molecule has 8 nitrogen and oxygen atoms in total. The number of imide groups is 1. The summed E-state index contributed by atoms with van der Waals surface area (Å²) in [4.78, 5) is 51.3. The normalized spacial score (nSPS) is 24.2. The highest BCUT2D eigenvalue weighted by Crippen LogP contribution is 2.44. The number of benzene rings is 2. The van der Waals surface area contributed by atoms with E-state index in [4.69, 9.17) is 23.2 Å². The number of carbonyl (C=O) groups is 3. The quantitative estimate of drug-likeness (QED) is 0.190. The van der Waals surface area contributed by atoms with Gasteiger partial charge in [-0.25, -0.2) is 5.01 Å². The number of para-hydroxylation sites is 1. The molecule has 0 unspecified atom stereocenters. The summed E-state index contributed by atoms with van der Waals surface area (Å²) in [5.41, 5.74) is -0.169. The van der Waals surface area contributed by atoms with Gasteiger partial charge in [-0.2, -0.15) is 5.01 Å². The number of nitro benzene ring substituents is 1. The maximum absolute atomic E-state index is 13.6. The van der Waals surface area contributed by atoms with E-state index in [0.29, 0.717) is 23.4 Å². The number of fused-ring (bicyclic) bond motifs is 1. The first-order chi connectivity index (χ1) is 16.1. The summed E-state index contributed by atoms with van der Waals surface area (Å²) in [5.74, 6) is -3.05. The Bertz CT molecular complexity index is 1170. The summed E-state index contributed by atoms with van der Waals surface area (Å²) >= 11 is 19.2. The predicted octanol–water partition coefficient (Wildman–Crippen LogP) is 5.38. The molecule has 1 saturated carbocycles. The summed E-state index contributed by atoms with van der Waals surface area (Å²) in [5, 5.41) is 13.9. The number of nitro groups is 1. The molecule has 2 aromatic rings. The monoisotopic (exact) mass is 631 g/mol. The lowest BCUT2D eigenvalue weighted by Crippen LogP contribution is -2.50. The molecule has 1 saturated heterocycles. The van der Waals surface area contributed by atoms with Crippen LogP contribution in [0.25, 0.3) is 0 Å². The van der Waals surface area contributed by atoms with Crippen molar-refractivity contribution in [2.75, 3.05) is 0 Å². The van der Waals surface area contributed by atoms with Gasteiger partial charge in [0.1, 0.15) is 5.56 Å². The van der Waals surface area contributed by atoms with Crippen LogP contribution in [0, 0.1) is 22.0 Å². The lowest BCUT2D eigenvalue weighted by atomic mass is 9.81. The Morgan fingerprint density at radius 1 is 1.03 bits per heavy atom. The zero-order valence-corrected chi connectivity index (χ0v) is 22.1. The number of rotatable bonds is 5. The van der Waals surface area contributed by atoms with Crippen LogP contribution in [0.15, 0.2) is 42.5 Å². The van der Waals surface area contributed by atoms with Crippen molar-refractivity contribution >= 4 is 78.5 Å². The average molecular weight is 634 g/mol. The van der Waals surface area contributed by atoms with Gasteiger partial charge in [0.25, 0.3) is 23.4 Å². The Morgan fingerprint density at radius 3 is 2.18 bits per heavy atom. The Morgan fingerprint density at radius 2 is 1.62 bits per heavy atom. The number of alkyl halides is 2. The first kappa shape index (κ1) is 25.1. The molecule has 0 aromatic heterocycles. The molecule has 0 N–H and O–H groups in total. The smallest absolute Gasteiger partial charge is 0.272 e. The van der Waals surface area contributed by atoms with Gasteiger partial charge < -0.3 is 0 Å². The summed E-state index contributed by atoms with van der Waals surface area (Å²) in [6.45, 7) is -0.214. The van der Waals surface area contributed by atoms with Crippen LogP contribution in [0.4, 0.5) is 5.69 Å².